The molecule has 0 unspecified atom stereocenters. The van der Waals surface area contributed by atoms with Crippen LogP contribution in [0, 0.1) is 0 Å². The predicted molar refractivity (Wildman–Crippen MR) is 80.1 cm³/mol. The molecular formula is C16H13ClN2O2. The zero-order valence-corrected chi connectivity index (χ0v) is 11.8. The lowest BCUT2D eigenvalue weighted by molar-refractivity contribution is -0.134. The van der Waals surface area contributed by atoms with Crippen LogP contribution in [0.25, 0.3) is 5.53 Å². The van der Waals surface area contributed by atoms with Gasteiger partial charge in [-0.3, -0.25) is 4.79 Å². The van der Waals surface area contributed by atoms with E-state index in [-0.39, 0.29) is 0 Å². The Bertz CT molecular complexity index is 669. The first kappa shape index (κ1) is 15.1. The van der Waals surface area contributed by atoms with E-state index in [0.29, 0.717) is 17.3 Å². The molecule has 0 amide bonds. The van der Waals surface area contributed by atoms with Crippen molar-refractivity contribution in [2.75, 3.05) is 0 Å². The lowest BCUT2D eigenvalue weighted by Crippen LogP contribution is -2.40. The first-order valence-corrected chi connectivity index (χ1v) is 6.73. The number of ketones is 1. The molecule has 2 rings (SSSR count). The van der Waals surface area contributed by atoms with Crippen LogP contribution < -0.4 is 0 Å². The van der Waals surface area contributed by atoms with E-state index in [1.54, 1.807) is 54.6 Å². The van der Waals surface area contributed by atoms with E-state index in [1.807, 2.05) is 6.07 Å². The van der Waals surface area contributed by atoms with E-state index in [0.717, 1.165) is 0 Å². The van der Waals surface area contributed by atoms with Gasteiger partial charge in [-0.2, -0.15) is 4.79 Å². The number of carbonyl (C=O) groups excluding carboxylic acids is 1. The van der Waals surface area contributed by atoms with Gasteiger partial charge in [0.2, 0.25) is 0 Å². The van der Waals surface area contributed by atoms with Crippen LogP contribution in [0.3, 0.4) is 0 Å². The molecule has 0 radical (unpaired) electrons. The summed E-state index contributed by atoms with van der Waals surface area (Å²) in [6.45, 7) is 0. The summed E-state index contributed by atoms with van der Waals surface area (Å²) >= 11 is 6.36. The Morgan fingerprint density at radius 1 is 1.14 bits per heavy atom. The van der Waals surface area contributed by atoms with Crippen LogP contribution >= 0.6 is 11.6 Å². The largest absolute Gasteiger partial charge is 0.375 e. The van der Waals surface area contributed by atoms with Crippen molar-refractivity contribution in [1.29, 1.82) is 0 Å². The highest BCUT2D eigenvalue weighted by Crippen LogP contribution is 2.40. The number of halogens is 1. The Kier molecular flexibility index (Phi) is 4.66. The molecule has 0 aromatic heterocycles. The lowest BCUT2D eigenvalue weighted by atomic mass is 9.83. The SMILES string of the molecule is [N-]=[N+]=CC(=O)[C@@](O)(c1ccccc1)[C@H](Cl)c1ccccc1. The van der Waals surface area contributed by atoms with Gasteiger partial charge in [0.1, 0.15) is 0 Å². The fourth-order valence-electron chi connectivity index (χ4n) is 2.12. The summed E-state index contributed by atoms with van der Waals surface area (Å²) in [6, 6.07) is 17.1. The standard InChI is InChI=1S/C16H13ClN2O2/c17-15(12-7-3-1-4-8-12)16(21,14(20)11-19-18)13-9-5-2-6-10-13/h1-11,15,21H/t15-,16+/m1/s1. The Balaban J connectivity index is 2.56. The van der Waals surface area contributed by atoms with Gasteiger partial charge in [0.25, 0.3) is 5.78 Å². The van der Waals surface area contributed by atoms with Gasteiger partial charge in [0, 0.05) is 0 Å². The number of hydrogen-bond donors (Lipinski definition) is 1. The maximum absolute atomic E-state index is 12.2. The van der Waals surface area contributed by atoms with Gasteiger partial charge in [-0.05, 0) is 11.1 Å². The Hall–Kier alpha value is -2.26. The molecule has 0 saturated carbocycles. The van der Waals surface area contributed by atoms with Crippen molar-refractivity contribution in [1.82, 2.24) is 0 Å². The minimum absolute atomic E-state index is 0.332. The summed E-state index contributed by atoms with van der Waals surface area (Å²) in [5.74, 6) is -0.792. The average Bonchev–Trinajstić information content (AvgIpc) is 2.55. The van der Waals surface area contributed by atoms with E-state index in [9.17, 15) is 9.90 Å². The van der Waals surface area contributed by atoms with Gasteiger partial charge in [0.15, 0.2) is 5.60 Å². The first-order chi connectivity index (χ1) is 10.1. The number of nitrogens with zero attached hydrogens (tertiary/aromatic N) is 2. The molecular weight excluding hydrogens is 288 g/mol. The Morgan fingerprint density at radius 3 is 2.19 bits per heavy atom. The quantitative estimate of drug-likeness (QED) is 0.399. The zero-order valence-electron chi connectivity index (χ0n) is 11.1. The maximum atomic E-state index is 12.2. The summed E-state index contributed by atoms with van der Waals surface area (Å²) < 4.78 is 0. The van der Waals surface area contributed by atoms with Crippen LogP contribution in [-0.2, 0) is 10.4 Å². The molecule has 1 N–H and O–H groups in total. The molecule has 5 heteroatoms. The second kappa shape index (κ2) is 6.46. The number of hydrogen-bond acceptors (Lipinski definition) is 2. The Labute approximate surface area is 127 Å². The third kappa shape index (κ3) is 2.93. The molecule has 106 valence electrons. The molecule has 0 aliphatic rings. The van der Waals surface area contributed by atoms with Gasteiger partial charge in [-0.25, -0.2) is 0 Å². The van der Waals surface area contributed by atoms with Crippen molar-refractivity contribution in [3.63, 3.8) is 0 Å². The summed E-state index contributed by atoms with van der Waals surface area (Å²) in [5, 5.41) is 9.90. The number of carbonyl (C=O) groups is 1. The minimum Gasteiger partial charge on any atom is -0.375 e. The highest BCUT2D eigenvalue weighted by Gasteiger charge is 2.46. The molecule has 0 aliphatic carbocycles. The smallest absolute Gasteiger partial charge is 0.326 e. The second-order valence-corrected chi connectivity index (χ2v) is 4.95. The van der Waals surface area contributed by atoms with E-state index in [4.69, 9.17) is 17.1 Å². The highest BCUT2D eigenvalue weighted by molar-refractivity contribution is 6.33. The van der Waals surface area contributed by atoms with Crippen LogP contribution in [-0.4, -0.2) is 21.9 Å². The van der Waals surface area contributed by atoms with E-state index in [2.05, 4.69) is 4.79 Å². The van der Waals surface area contributed by atoms with E-state index in [1.165, 1.54) is 0 Å². The monoisotopic (exact) mass is 300 g/mol. The topological polar surface area (TPSA) is 73.7 Å². The van der Waals surface area contributed by atoms with Gasteiger partial charge < -0.3 is 10.6 Å². The molecule has 2 atom stereocenters. The van der Waals surface area contributed by atoms with Crippen molar-refractivity contribution >= 4 is 23.6 Å². The third-order valence-electron chi connectivity index (χ3n) is 3.22. The number of Topliss-reactive ketones (excluding diaryl/α,β-unsaturated/α-hetero) is 1. The van der Waals surface area contributed by atoms with Crippen molar-refractivity contribution in [3.8, 4) is 0 Å². The van der Waals surface area contributed by atoms with Crippen molar-refractivity contribution in [2.24, 2.45) is 0 Å². The summed E-state index contributed by atoms with van der Waals surface area (Å²) in [7, 11) is 0. The van der Waals surface area contributed by atoms with Crippen LogP contribution in [0.4, 0.5) is 0 Å². The molecule has 0 heterocycles. The predicted octanol–water partition coefficient (Wildman–Crippen LogP) is 2.72. The molecule has 0 fully saturated rings. The van der Waals surface area contributed by atoms with E-state index < -0.39 is 16.8 Å². The minimum atomic E-state index is -2.02. The molecule has 21 heavy (non-hydrogen) atoms. The maximum Gasteiger partial charge on any atom is 0.326 e. The third-order valence-corrected chi connectivity index (χ3v) is 3.79. The van der Waals surface area contributed by atoms with E-state index >= 15 is 0 Å². The lowest BCUT2D eigenvalue weighted by Gasteiger charge is -2.29. The molecule has 0 bridgehead atoms. The van der Waals surface area contributed by atoms with Crippen molar-refractivity contribution in [2.45, 2.75) is 11.0 Å². The fourth-order valence-corrected chi connectivity index (χ4v) is 2.50. The summed E-state index contributed by atoms with van der Waals surface area (Å²) in [5.41, 5.74) is 7.50. The van der Waals surface area contributed by atoms with Crippen molar-refractivity contribution < 1.29 is 14.7 Å². The van der Waals surface area contributed by atoms with Gasteiger partial charge in [-0.1, -0.05) is 60.7 Å². The molecule has 4 nitrogen and oxygen atoms in total. The average molecular weight is 301 g/mol. The van der Waals surface area contributed by atoms with Gasteiger partial charge in [-0.15, -0.1) is 11.6 Å². The normalized spacial score (nSPS) is 14.6. The summed E-state index contributed by atoms with van der Waals surface area (Å²) in [4.78, 5) is 14.9. The van der Waals surface area contributed by atoms with Crippen LogP contribution in [0.15, 0.2) is 60.7 Å². The second-order valence-electron chi connectivity index (χ2n) is 4.51. The summed E-state index contributed by atoms with van der Waals surface area (Å²) in [6.07, 6.45) is 0.658. The number of alkyl halides is 1. The zero-order chi connectivity index (χ0) is 15.3. The van der Waals surface area contributed by atoms with Gasteiger partial charge >= 0.3 is 6.21 Å². The molecule has 0 aliphatic heterocycles. The van der Waals surface area contributed by atoms with Crippen LogP contribution in [0.5, 0.6) is 0 Å². The van der Waals surface area contributed by atoms with Crippen molar-refractivity contribution in [3.05, 3.63) is 77.3 Å². The highest BCUT2D eigenvalue weighted by atomic mass is 35.5. The number of benzene rings is 2. The number of aliphatic hydroxyl groups is 1. The number of rotatable bonds is 5. The molecule has 0 saturated heterocycles. The molecule has 2 aromatic rings. The first-order valence-electron chi connectivity index (χ1n) is 6.29. The fraction of sp³-hybridized carbons (Fsp3) is 0.125. The van der Waals surface area contributed by atoms with Crippen LogP contribution in [0.2, 0.25) is 0 Å². The molecule has 0 spiro atoms. The molecule has 2 aromatic carbocycles. The Morgan fingerprint density at radius 2 is 1.67 bits per heavy atom. The van der Waals surface area contributed by atoms with Gasteiger partial charge in [0.05, 0.1) is 5.38 Å². The van der Waals surface area contributed by atoms with Crippen LogP contribution in [0.1, 0.15) is 16.5 Å².